The molecule has 0 radical (unpaired) electrons. The molecule has 210 valence electrons. The summed E-state index contributed by atoms with van der Waals surface area (Å²) in [5.74, 6) is -1.71. The molecule has 12 heteroatoms. The summed E-state index contributed by atoms with van der Waals surface area (Å²) >= 11 is 0. The van der Waals surface area contributed by atoms with Gasteiger partial charge in [0.15, 0.2) is 0 Å². The van der Waals surface area contributed by atoms with E-state index in [0.717, 1.165) is 5.56 Å². The first-order valence-corrected chi connectivity index (χ1v) is 12.5. The number of nitrogens with one attached hydrogen (secondary N) is 5. The van der Waals surface area contributed by atoms with Crippen molar-refractivity contribution in [1.82, 2.24) is 21.3 Å². The molecule has 2 aromatic rings. The van der Waals surface area contributed by atoms with Crippen molar-refractivity contribution in [3.05, 3.63) is 59.7 Å². The summed E-state index contributed by atoms with van der Waals surface area (Å²) in [6, 6.07) is 10.8. The molecule has 0 spiro atoms. The Kier molecular flexibility index (Phi) is 12.2. The van der Waals surface area contributed by atoms with E-state index in [1.165, 1.54) is 7.05 Å². The van der Waals surface area contributed by atoms with Crippen LogP contribution in [0.4, 0.5) is 16.2 Å². The maximum absolute atomic E-state index is 13.3. The molecule has 2 atom stereocenters. The van der Waals surface area contributed by atoms with Gasteiger partial charge in [0.1, 0.15) is 18.7 Å². The fourth-order valence-corrected chi connectivity index (χ4v) is 3.56. The monoisotopic (exact) mass is 540 g/mol. The fraction of sp³-hybridized carbons (Fsp3) is 0.370. The van der Waals surface area contributed by atoms with E-state index < -0.39 is 29.8 Å². The van der Waals surface area contributed by atoms with Gasteiger partial charge in [0, 0.05) is 30.5 Å². The summed E-state index contributed by atoms with van der Waals surface area (Å²) in [5.41, 5.74) is 7.76. The van der Waals surface area contributed by atoms with Crippen LogP contribution in [0.5, 0.6) is 0 Å². The Morgan fingerprint density at radius 3 is 2.21 bits per heavy atom. The highest BCUT2D eigenvalue weighted by Crippen LogP contribution is 2.13. The molecule has 12 nitrogen and oxygen atoms in total. The maximum atomic E-state index is 13.3. The molecule has 0 aliphatic carbocycles. The lowest BCUT2D eigenvalue weighted by molar-refractivity contribution is -0.129. The number of anilines is 2. The van der Waals surface area contributed by atoms with Crippen molar-refractivity contribution in [2.24, 2.45) is 5.92 Å². The number of nitrogens with two attached hydrogens (primary N) is 1. The molecule has 5 amide bonds. The number of carbonyl (C=O) groups is 5. The molecule has 2 rings (SSSR count). The van der Waals surface area contributed by atoms with Gasteiger partial charge < -0.3 is 37.1 Å². The van der Waals surface area contributed by atoms with E-state index in [0.29, 0.717) is 29.8 Å². The third kappa shape index (κ3) is 10.3. The summed E-state index contributed by atoms with van der Waals surface area (Å²) in [6.07, 6.45) is 0.626. The van der Waals surface area contributed by atoms with E-state index in [2.05, 4.69) is 26.6 Å². The van der Waals surface area contributed by atoms with Gasteiger partial charge in [-0.1, -0.05) is 26.0 Å². The van der Waals surface area contributed by atoms with Gasteiger partial charge in [-0.3, -0.25) is 19.2 Å². The average Bonchev–Trinajstić information content (AvgIpc) is 2.92. The van der Waals surface area contributed by atoms with Crippen LogP contribution in [0.1, 0.15) is 42.6 Å². The lowest BCUT2D eigenvalue weighted by Gasteiger charge is -2.25. The minimum atomic E-state index is -0.947. The summed E-state index contributed by atoms with van der Waals surface area (Å²) in [5, 5.41) is 13.3. The second-order valence-corrected chi connectivity index (χ2v) is 9.12. The highest BCUT2D eigenvalue weighted by Gasteiger charge is 2.29. The van der Waals surface area contributed by atoms with Gasteiger partial charge in [0.05, 0.1) is 0 Å². The highest BCUT2D eigenvalue weighted by molar-refractivity contribution is 6.00. The van der Waals surface area contributed by atoms with Crippen molar-refractivity contribution >= 4 is 41.6 Å². The highest BCUT2D eigenvalue weighted by atomic mass is 16.5. The van der Waals surface area contributed by atoms with E-state index in [1.54, 1.807) is 62.4 Å². The smallest absolute Gasteiger partial charge is 0.314 e. The van der Waals surface area contributed by atoms with Crippen molar-refractivity contribution in [3.8, 4) is 0 Å². The van der Waals surface area contributed by atoms with Crippen LogP contribution in [0.25, 0.3) is 0 Å². The minimum Gasteiger partial charge on any atom is -0.463 e. The number of urea groups is 1. The van der Waals surface area contributed by atoms with Crippen molar-refractivity contribution in [2.75, 3.05) is 24.6 Å². The molecule has 0 aromatic heterocycles. The molecule has 0 aliphatic heterocycles. The van der Waals surface area contributed by atoms with Crippen LogP contribution in [0.3, 0.4) is 0 Å². The molecule has 2 aromatic carbocycles. The first-order valence-electron chi connectivity index (χ1n) is 12.5. The Balaban J connectivity index is 2.12. The van der Waals surface area contributed by atoms with Gasteiger partial charge in [-0.2, -0.15) is 0 Å². The molecule has 39 heavy (non-hydrogen) atoms. The Hall–Kier alpha value is -4.61. The molecule has 0 aliphatic rings. The first-order chi connectivity index (χ1) is 18.6. The number of rotatable bonds is 14. The number of ether oxygens (including phenoxy) is 1. The van der Waals surface area contributed by atoms with Crippen LogP contribution < -0.4 is 32.3 Å². The van der Waals surface area contributed by atoms with Crippen molar-refractivity contribution in [2.45, 2.75) is 45.4 Å². The number of benzene rings is 2. The molecule has 0 heterocycles. The number of carbonyl (C=O) groups excluding carboxylic acids is 5. The quantitative estimate of drug-likeness (QED) is 0.119. The van der Waals surface area contributed by atoms with Crippen LogP contribution in [0.15, 0.2) is 48.5 Å². The third-order valence-electron chi connectivity index (χ3n) is 5.76. The van der Waals surface area contributed by atoms with E-state index in [1.807, 2.05) is 0 Å². The standard InChI is InChI=1S/C27H36N6O6/c1-17(2)23(33-24(35)19-8-10-20(28)11-9-19)26(37)32-22(5-4-14-30-27(38)29-3)25(36)31-21-12-6-18(7-13-21)15-39-16-34/h6-13,16-17,22-23H,4-5,14-15,28H2,1-3H3,(H,31,36)(H,32,37)(H,33,35)(H2,29,30,38). The maximum Gasteiger partial charge on any atom is 0.314 e. The summed E-state index contributed by atoms with van der Waals surface area (Å²) in [6.45, 7) is 4.31. The average molecular weight is 541 g/mol. The number of amides is 5. The summed E-state index contributed by atoms with van der Waals surface area (Å²) in [4.78, 5) is 61.0. The van der Waals surface area contributed by atoms with Gasteiger partial charge in [0.2, 0.25) is 11.8 Å². The van der Waals surface area contributed by atoms with E-state index in [9.17, 15) is 24.0 Å². The van der Waals surface area contributed by atoms with Crippen molar-refractivity contribution < 1.29 is 28.7 Å². The van der Waals surface area contributed by atoms with Crippen LogP contribution in [0.2, 0.25) is 0 Å². The van der Waals surface area contributed by atoms with Gasteiger partial charge in [0.25, 0.3) is 12.4 Å². The SMILES string of the molecule is CNC(=O)NCCCC(NC(=O)C(NC(=O)c1ccc(N)cc1)C(C)C)C(=O)Nc1ccc(COC=O)cc1. The third-order valence-corrected chi connectivity index (χ3v) is 5.76. The molecule has 0 bridgehead atoms. The van der Waals surface area contributed by atoms with E-state index in [-0.39, 0.29) is 31.5 Å². The fourth-order valence-electron chi connectivity index (χ4n) is 3.56. The minimum absolute atomic E-state index is 0.105. The van der Waals surface area contributed by atoms with Crippen LogP contribution in [-0.2, 0) is 25.7 Å². The lowest BCUT2D eigenvalue weighted by Crippen LogP contribution is -2.54. The summed E-state index contributed by atoms with van der Waals surface area (Å²) < 4.78 is 4.72. The van der Waals surface area contributed by atoms with Crippen LogP contribution in [-0.4, -0.2) is 55.9 Å². The number of hydrogen-bond acceptors (Lipinski definition) is 7. The lowest BCUT2D eigenvalue weighted by atomic mass is 10.0. The van der Waals surface area contributed by atoms with E-state index >= 15 is 0 Å². The van der Waals surface area contributed by atoms with Gasteiger partial charge in [-0.15, -0.1) is 0 Å². The zero-order valence-corrected chi connectivity index (χ0v) is 22.3. The second kappa shape index (κ2) is 15.6. The molecule has 0 saturated heterocycles. The largest absolute Gasteiger partial charge is 0.463 e. The zero-order valence-electron chi connectivity index (χ0n) is 22.3. The van der Waals surface area contributed by atoms with Crippen molar-refractivity contribution in [1.29, 1.82) is 0 Å². The van der Waals surface area contributed by atoms with E-state index in [4.69, 9.17) is 10.5 Å². The predicted octanol–water partition coefficient (Wildman–Crippen LogP) is 1.53. The molecule has 2 unspecified atom stereocenters. The molecular weight excluding hydrogens is 504 g/mol. The zero-order chi connectivity index (χ0) is 28.8. The van der Waals surface area contributed by atoms with Crippen LogP contribution >= 0.6 is 0 Å². The van der Waals surface area contributed by atoms with Crippen molar-refractivity contribution in [3.63, 3.8) is 0 Å². The first kappa shape index (κ1) is 30.6. The Morgan fingerprint density at radius 1 is 0.949 bits per heavy atom. The number of nitrogen functional groups attached to an aromatic ring is 1. The molecule has 0 saturated carbocycles. The second-order valence-electron chi connectivity index (χ2n) is 9.12. The normalized spacial score (nSPS) is 12.0. The summed E-state index contributed by atoms with van der Waals surface area (Å²) in [7, 11) is 1.49. The molecule has 0 fully saturated rings. The van der Waals surface area contributed by atoms with Crippen LogP contribution in [0, 0.1) is 5.92 Å². The number of hydrogen-bond donors (Lipinski definition) is 6. The Bertz CT molecular complexity index is 1120. The Morgan fingerprint density at radius 2 is 1.62 bits per heavy atom. The van der Waals surface area contributed by atoms with Gasteiger partial charge in [-0.05, 0) is 60.7 Å². The molecule has 7 N–H and O–H groups in total. The Labute approximate surface area is 227 Å². The predicted molar refractivity (Wildman–Crippen MR) is 146 cm³/mol. The van der Waals surface area contributed by atoms with Gasteiger partial charge >= 0.3 is 6.03 Å². The van der Waals surface area contributed by atoms with Gasteiger partial charge in [-0.25, -0.2) is 4.79 Å². The molecular formula is C27H36N6O6. The topological polar surface area (TPSA) is 181 Å².